The normalized spacial score (nSPS) is 33.6. The predicted octanol–water partition coefficient (Wildman–Crippen LogP) is 2.79. The first-order chi connectivity index (χ1) is 14.1. The van der Waals surface area contributed by atoms with Gasteiger partial charge in [0.1, 0.15) is 0 Å². The smallest absolute Gasteiger partial charge is 0.319 e. The zero-order valence-electron chi connectivity index (χ0n) is 17.5. The van der Waals surface area contributed by atoms with Crippen LogP contribution in [0, 0.1) is 16.7 Å². The third-order valence-electron chi connectivity index (χ3n) is 6.94. The molecule has 0 heterocycles. The molecule has 4 amide bonds. The molecule has 4 saturated carbocycles. The second-order valence-corrected chi connectivity index (χ2v) is 10.3. The number of amides is 4. The lowest BCUT2D eigenvalue weighted by Gasteiger charge is -2.65. The summed E-state index contributed by atoms with van der Waals surface area (Å²) < 4.78 is 0. The summed E-state index contributed by atoms with van der Waals surface area (Å²) in [6.07, 6.45) is 6.95. The Kier molecular flexibility index (Phi) is 5.00. The van der Waals surface area contributed by atoms with Crippen LogP contribution in [0.2, 0.25) is 0 Å². The minimum absolute atomic E-state index is 0.125. The van der Waals surface area contributed by atoms with E-state index in [1.807, 2.05) is 0 Å². The van der Waals surface area contributed by atoms with Crippen molar-refractivity contribution in [1.82, 2.24) is 16.1 Å². The SMILES string of the molecule is C[C@]12CC3CC(NC(=O)Nc4ccc(C(=O)NCC(=O)NO)cc4)(C1)C[C@@](C)(C3)C2. The van der Waals surface area contributed by atoms with Gasteiger partial charge in [-0.25, -0.2) is 10.3 Å². The zero-order chi connectivity index (χ0) is 21.6. The van der Waals surface area contributed by atoms with Gasteiger partial charge in [-0.2, -0.15) is 0 Å². The molecular formula is C22H30N4O4. The molecule has 8 heteroatoms. The van der Waals surface area contributed by atoms with Gasteiger partial charge in [0.25, 0.3) is 11.8 Å². The number of nitrogens with one attached hydrogen (secondary N) is 4. The fraction of sp³-hybridized carbons (Fsp3) is 0.591. The summed E-state index contributed by atoms with van der Waals surface area (Å²) in [5.41, 5.74) is 2.93. The number of carbonyl (C=O) groups is 3. The Balaban J connectivity index is 1.36. The maximum absolute atomic E-state index is 12.8. The highest BCUT2D eigenvalue weighted by Crippen LogP contribution is 2.66. The molecular weight excluding hydrogens is 384 g/mol. The van der Waals surface area contributed by atoms with Crippen molar-refractivity contribution in [2.75, 3.05) is 11.9 Å². The molecule has 4 aliphatic rings. The second kappa shape index (κ2) is 7.27. The molecule has 30 heavy (non-hydrogen) atoms. The van der Waals surface area contributed by atoms with Crippen LogP contribution in [0.3, 0.4) is 0 Å². The molecule has 0 aliphatic heterocycles. The van der Waals surface area contributed by atoms with Gasteiger partial charge in [-0.1, -0.05) is 13.8 Å². The van der Waals surface area contributed by atoms with E-state index < -0.39 is 11.8 Å². The van der Waals surface area contributed by atoms with Crippen molar-refractivity contribution >= 4 is 23.5 Å². The van der Waals surface area contributed by atoms with E-state index in [4.69, 9.17) is 5.21 Å². The van der Waals surface area contributed by atoms with Gasteiger partial charge < -0.3 is 16.0 Å². The fourth-order valence-electron chi connectivity index (χ4n) is 7.00. The van der Waals surface area contributed by atoms with Crippen molar-refractivity contribution < 1.29 is 19.6 Å². The summed E-state index contributed by atoms with van der Waals surface area (Å²) in [4.78, 5) is 35.8. The average Bonchev–Trinajstić information content (AvgIpc) is 2.62. The van der Waals surface area contributed by atoms with Gasteiger partial charge in [-0.05, 0) is 79.5 Å². The number of hydrogen-bond donors (Lipinski definition) is 5. The van der Waals surface area contributed by atoms with Crippen LogP contribution in [0.15, 0.2) is 24.3 Å². The van der Waals surface area contributed by atoms with E-state index in [9.17, 15) is 14.4 Å². The molecule has 0 spiro atoms. The number of benzene rings is 1. The summed E-state index contributed by atoms with van der Waals surface area (Å²) in [7, 11) is 0. The van der Waals surface area contributed by atoms with Crippen molar-refractivity contribution in [1.29, 1.82) is 0 Å². The maximum Gasteiger partial charge on any atom is 0.319 e. The molecule has 5 rings (SSSR count). The van der Waals surface area contributed by atoms with E-state index >= 15 is 0 Å². The summed E-state index contributed by atoms with van der Waals surface area (Å²) >= 11 is 0. The Hall–Kier alpha value is -2.61. The topological polar surface area (TPSA) is 120 Å². The van der Waals surface area contributed by atoms with Gasteiger partial charge >= 0.3 is 6.03 Å². The largest absolute Gasteiger partial charge is 0.343 e. The van der Waals surface area contributed by atoms with Crippen LogP contribution in [0.25, 0.3) is 0 Å². The Bertz CT molecular complexity index is 850. The lowest BCUT2D eigenvalue weighted by Crippen LogP contribution is -2.65. The Morgan fingerprint density at radius 3 is 2.20 bits per heavy atom. The summed E-state index contributed by atoms with van der Waals surface area (Å²) in [5.74, 6) is -0.447. The number of hydrogen-bond acceptors (Lipinski definition) is 4. The molecule has 1 aromatic carbocycles. The van der Waals surface area contributed by atoms with Crippen molar-refractivity contribution in [3.8, 4) is 0 Å². The minimum Gasteiger partial charge on any atom is -0.343 e. The first kappa shape index (κ1) is 20.7. The van der Waals surface area contributed by atoms with E-state index in [0.717, 1.165) is 19.3 Å². The van der Waals surface area contributed by atoms with Gasteiger partial charge in [-0.15, -0.1) is 0 Å². The van der Waals surface area contributed by atoms with E-state index in [2.05, 4.69) is 29.8 Å². The Morgan fingerprint density at radius 2 is 1.63 bits per heavy atom. The third kappa shape index (κ3) is 4.14. The van der Waals surface area contributed by atoms with Crippen molar-refractivity contribution in [3.05, 3.63) is 29.8 Å². The lowest BCUT2D eigenvalue weighted by atomic mass is 9.43. The summed E-state index contributed by atoms with van der Waals surface area (Å²) in [5, 5.41) is 17.0. The van der Waals surface area contributed by atoms with Crippen molar-refractivity contribution in [3.63, 3.8) is 0 Å². The maximum atomic E-state index is 12.8. The van der Waals surface area contributed by atoms with Crippen LogP contribution in [-0.4, -0.2) is 35.1 Å². The van der Waals surface area contributed by atoms with E-state index in [0.29, 0.717) is 28.0 Å². The van der Waals surface area contributed by atoms with Crippen LogP contribution in [-0.2, 0) is 4.79 Å². The first-order valence-corrected chi connectivity index (χ1v) is 10.5. The van der Waals surface area contributed by atoms with Crippen molar-refractivity contribution in [2.45, 2.75) is 57.9 Å². The molecule has 4 fully saturated rings. The molecule has 0 saturated heterocycles. The predicted molar refractivity (Wildman–Crippen MR) is 111 cm³/mol. The number of urea groups is 1. The van der Waals surface area contributed by atoms with Crippen LogP contribution in [0.5, 0.6) is 0 Å². The van der Waals surface area contributed by atoms with E-state index in [1.165, 1.54) is 24.7 Å². The molecule has 162 valence electrons. The van der Waals surface area contributed by atoms with Crippen molar-refractivity contribution in [2.24, 2.45) is 16.7 Å². The highest BCUT2D eigenvalue weighted by Gasteiger charge is 2.60. The number of hydroxylamine groups is 1. The second-order valence-electron chi connectivity index (χ2n) is 10.3. The summed E-state index contributed by atoms with van der Waals surface area (Å²) in [6, 6.07) is 6.26. The van der Waals surface area contributed by atoms with Crippen LogP contribution < -0.4 is 21.4 Å². The third-order valence-corrected chi connectivity index (χ3v) is 6.94. The van der Waals surface area contributed by atoms with Crippen LogP contribution >= 0.6 is 0 Å². The number of carbonyl (C=O) groups excluding carboxylic acids is 3. The molecule has 1 aromatic rings. The molecule has 0 radical (unpaired) electrons. The zero-order valence-corrected chi connectivity index (χ0v) is 17.5. The standard InChI is InChI=1S/C22H30N4O4/c1-20-7-14-8-21(2,11-20)13-22(9-14,12-20)25-19(29)24-16-5-3-15(4-6-16)18(28)23-10-17(27)26-30/h3-6,14,30H,7-13H2,1-2H3,(H,23,28)(H,26,27)(H2,24,25,29)/t14?,20-,21+,22?. The fourth-order valence-corrected chi connectivity index (χ4v) is 7.00. The molecule has 4 aliphatic carbocycles. The summed E-state index contributed by atoms with van der Waals surface area (Å²) in [6.45, 7) is 4.43. The van der Waals surface area contributed by atoms with Crippen LogP contribution in [0.1, 0.15) is 62.7 Å². The van der Waals surface area contributed by atoms with Crippen LogP contribution in [0.4, 0.5) is 10.5 Å². The number of rotatable bonds is 5. The highest BCUT2D eigenvalue weighted by molar-refractivity contribution is 5.97. The van der Waals surface area contributed by atoms with Gasteiger partial charge in [0.2, 0.25) is 0 Å². The minimum atomic E-state index is -0.703. The molecule has 8 nitrogen and oxygen atoms in total. The van der Waals surface area contributed by atoms with Gasteiger partial charge in [0.15, 0.2) is 0 Å². The molecule has 4 atom stereocenters. The monoisotopic (exact) mass is 414 g/mol. The number of anilines is 1. The molecule has 5 N–H and O–H groups in total. The highest BCUT2D eigenvalue weighted by atomic mass is 16.5. The van der Waals surface area contributed by atoms with E-state index in [-0.39, 0.29) is 18.1 Å². The molecule has 4 bridgehead atoms. The van der Waals surface area contributed by atoms with Gasteiger partial charge in [0, 0.05) is 16.8 Å². The van der Waals surface area contributed by atoms with Gasteiger partial charge in [-0.3, -0.25) is 14.8 Å². The van der Waals surface area contributed by atoms with E-state index in [1.54, 1.807) is 24.3 Å². The Morgan fingerprint density at radius 1 is 1.00 bits per heavy atom. The lowest BCUT2D eigenvalue weighted by molar-refractivity contribution is -0.128. The first-order valence-electron chi connectivity index (χ1n) is 10.5. The molecule has 0 aromatic heterocycles. The average molecular weight is 415 g/mol. The van der Waals surface area contributed by atoms with Gasteiger partial charge in [0.05, 0.1) is 6.54 Å². The quantitative estimate of drug-likeness (QED) is 0.376. The molecule has 2 unspecified atom stereocenters. The Labute approximate surface area is 176 Å².